The molecule has 0 saturated heterocycles. The van der Waals surface area contributed by atoms with Crippen molar-refractivity contribution < 1.29 is 9.84 Å². The maximum Gasteiger partial charge on any atom is 0.142 e. The van der Waals surface area contributed by atoms with Gasteiger partial charge in [0.1, 0.15) is 11.5 Å². The summed E-state index contributed by atoms with van der Waals surface area (Å²) in [5.41, 5.74) is 3.30. The molecule has 0 bridgehead atoms. The van der Waals surface area contributed by atoms with Gasteiger partial charge in [-0.3, -0.25) is 0 Å². The summed E-state index contributed by atoms with van der Waals surface area (Å²) in [6.45, 7) is 6.97. The average molecular weight is 285 g/mol. The van der Waals surface area contributed by atoms with E-state index in [-0.39, 0.29) is 11.8 Å². The zero-order valence-corrected chi connectivity index (χ0v) is 12.9. The van der Waals surface area contributed by atoms with E-state index >= 15 is 0 Å². The fourth-order valence-corrected chi connectivity index (χ4v) is 2.16. The van der Waals surface area contributed by atoms with Gasteiger partial charge in [-0.15, -0.1) is 0 Å². The van der Waals surface area contributed by atoms with Crippen LogP contribution >= 0.6 is 0 Å². The second-order valence-corrected chi connectivity index (χ2v) is 5.31. The van der Waals surface area contributed by atoms with E-state index in [0.717, 1.165) is 23.4 Å². The molecule has 3 heteroatoms. The third kappa shape index (κ3) is 4.15. The summed E-state index contributed by atoms with van der Waals surface area (Å²) in [6.07, 6.45) is 0.987. The lowest BCUT2D eigenvalue weighted by Gasteiger charge is -2.19. The van der Waals surface area contributed by atoms with Crippen molar-refractivity contribution in [3.63, 3.8) is 0 Å². The Morgan fingerprint density at radius 1 is 1.14 bits per heavy atom. The van der Waals surface area contributed by atoms with Gasteiger partial charge >= 0.3 is 0 Å². The number of aryl methyl sites for hydroxylation is 1. The molecule has 2 aromatic rings. The fourth-order valence-electron chi connectivity index (χ4n) is 2.16. The number of aromatic hydroxyl groups is 1. The number of ether oxygens (including phenoxy) is 1. The van der Waals surface area contributed by atoms with Crippen LogP contribution in [-0.2, 0) is 0 Å². The van der Waals surface area contributed by atoms with Gasteiger partial charge in [-0.25, -0.2) is 0 Å². The topological polar surface area (TPSA) is 41.5 Å². The van der Waals surface area contributed by atoms with Crippen LogP contribution in [0, 0.1) is 6.92 Å². The molecule has 2 aromatic carbocycles. The van der Waals surface area contributed by atoms with Crippen molar-refractivity contribution in [2.24, 2.45) is 0 Å². The number of hydrogen-bond donors (Lipinski definition) is 2. The summed E-state index contributed by atoms with van der Waals surface area (Å²) in [5.74, 6) is 1.18. The van der Waals surface area contributed by atoms with E-state index < -0.39 is 0 Å². The van der Waals surface area contributed by atoms with Crippen LogP contribution < -0.4 is 10.1 Å². The van der Waals surface area contributed by atoms with Gasteiger partial charge in [0.25, 0.3) is 0 Å². The number of hydrogen-bond acceptors (Lipinski definition) is 3. The van der Waals surface area contributed by atoms with E-state index in [9.17, 15) is 5.11 Å². The standard InChI is InChI=1S/C18H23NO2/c1-4-11-21-18-12-13(2)5-10-17(18)19-14(3)15-6-8-16(20)9-7-15/h5-10,12,14,19-20H,4,11H2,1-3H3. The molecule has 0 aromatic heterocycles. The van der Waals surface area contributed by atoms with Gasteiger partial charge in [0.2, 0.25) is 0 Å². The second kappa shape index (κ2) is 7.02. The van der Waals surface area contributed by atoms with Gasteiger partial charge in [0.05, 0.1) is 12.3 Å². The first-order chi connectivity index (χ1) is 10.1. The Morgan fingerprint density at radius 3 is 2.52 bits per heavy atom. The molecule has 2 N–H and O–H groups in total. The Morgan fingerprint density at radius 2 is 1.86 bits per heavy atom. The molecule has 0 saturated carbocycles. The highest BCUT2D eigenvalue weighted by Gasteiger charge is 2.09. The Labute approximate surface area is 126 Å². The number of phenolic OH excluding ortho intramolecular Hbond substituents is 1. The number of nitrogens with one attached hydrogen (secondary N) is 1. The SMILES string of the molecule is CCCOc1cc(C)ccc1NC(C)c1ccc(O)cc1. The summed E-state index contributed by atoms with van der Waals surface area (Å²) in [6, 6.07) is 13.6. The van der Waals surface area contributed by atoms with Crippen molar-refractivity contribution >= 4 is 5.69 Å². The molecule has 0 aliphatic rings. The smallest absolute Gasteiger partial charge is 0.142 e. The Bertz CT molecular complexity index is 578. The monoisotopic (exact) mass is 285 g/mol. The Hall–Kier alpha value is -2.16. The minimum Gasteiger partial charge on any atom is -0.508 e. The average Bonchev–Trinajstić information content (AvgIpc) is 2.48. The minimum absolute atomic E-state index is 0.136. The molecular formula is C18H23NO2. The van der Waals surface area contributed by atoms with Gasteiger partial charge in [0, 0.05) is 6.04 Å². The molecule has 0 spiro atoms. The lowest BCUT2D eigenvalue weighted by molar-refractivity contribution is 0.318. The molecule has 3 nitrogen and oxygen atoms in total. The largest absolute Gasteiger partial charge is 0.508 e. The van der Waals surface area contributed by atoms with Crippen LogP contribution in [0.2, 0.25) is 0 Å². The van der Waals surface area contributed by atoms with Crippen LogP contribution in [0.4, 0.5) is 5.69 Å². The van der Waals surface area contributed by atoms with Gasteiger partial charge in [-0.05, 0) is 55.7 Å². The summed E-state index contributed by atoms with van der Waals surface area (Å²) >= 11 is 0. The zero-order valence-electron chi connectivity index (χ0n) is 12.9. The number of benzene rings is 2. The second-order valence-electron chi connectivity index (χ2n) is 5.31. The number of anilines is 1. The van der Waals surface area contributed by atoms with Gasteiger partial charge in [0.15, 0.2) is 0 Å². The first-order valence-electron chi connectivity index (χ1n) is 7.39. The van der Waals surface area contributed by atoms with E-state index in [1.807, 2.05) is 12.1 Å². The fraction of sp³-hybridized carbons (Fsp3) is 0.333. The Balaban J connectivity index is 2.16. The lowest BCUT2D eigenvalue weighted by atomic mass is 10.1. The summed E-state index contributed by atoms with van der Waals surface area (Å²) in [5, 5.41) is 12.8. The maximum atomic E-state index is 9.36. The van der Waals surface area contributed by atoms with Crippen molar-refractivity contribution in [1.82, 2.24) is 0 Å². The third-order valence-electron chi connectivity index (χ3n) is 3.36. The van der Waals surface area contributed by atoms with E-state index in [1.165, 1.54) is 5.56 Å². The lowest BCUT2D eigenvalue weighted by Crippen LogP contribution is -2.08. The first kappa shape index (κ1) is 15.2. The van der Waals surface area contributed by atoms with Gasteiger partial charge in [-0.2, -0.15) is 0 Å². The van der Waals surface area contributed by atoms with Crippen molar-refractivity contribution in [3.05, 3.63) is 53.6 Å². The van der Waals surface area contributed by atoms with E-state index in [2.05, 4.69) is 44.3 Å². The molecule has 0 heterocycles. The molecule has 0 aliphatic heterocycles. The van der Waals surface area contributed by atoms with Crippen molar-refractivity contribution in [3.8, 4) is 11.5 Å². The van der Waals surface area contributed by atoms with E-state index in [0.29, 0.717) is 6.61 Å². The molecule has 0 radical (unpaired) electrons. The van der Waals surface area contributed by atoms with Gasteiger partial charge in [-0.1, -0.05) is 25.1 Å². The molecule has 1 unspecified atom stereocenters. The molecule has 0 fully saturated rings. The Kier molecular flexibility index (Phi) is 5.09. The molecule has 1 atom stereocenters. The van der Waals surface area contributed by atoms with Crippen LogP contribution in [0.15, 0.2) is 42.5 Å². The van der Waals surface area contributed by atoms with Crippen LogP contribution in [0.1, 0.15) is 37.4 Å². The highest BCUT2D eigenvalue weighted by molar-refractivity contribution is 5.58. The van der Waals surface area contributed by atoms with E-state index in [1.54, 1.807) is 12.1 Å². The number of rotatable bonds is 6. The van der Waals surface area contributed by atoms with Crippen LogP contribution in [-0.4, -0.2) is 11.7 Å². The minimum atomic E-state index is 0.136. The van der Waals surface area contributed by atoms with E-state index in [4.69, 9.17) is 4.74 Å². The van der Waals surface area contributed by atoms with Crippen LogP contribution in [0.5, 0.6) is 11.5 Å². The first-order valence-corrected chi connectivity index (χ1v) is 7.39. The molecule has 112 valence electrons. The van der Waals surface area contributed by atoms with Crippen LogP contribution in [0.25, 0.3) is 0 Å². The highest BCUT2D eigenvalue weighted by Crippen LogP contribution is 2.30. The molecule has 21 heavy (non-hydrogen) atoms. The quantitative estimate of drug-likeness (QED) is 0.811. The predicted molar refractivity (Wildman–Crippen MR) is 87.1 cm³/mol. The molecule has 0 amide bonds. The normalized spacial score (nSPS) is 12.0. The van der Waals surface area contributed by atoms with Crippen LogP contribution in [0.3, 0.4) is 0 Å². The highest BCUT2D eigenvalue weighted by atomic mass is 16.5. The summed E-state index contributed by atoms with van der Waals surface area (Å²) < 4.78 is 5.82. The summed E-state index contributed by atoms with van der Waals surface area (Å²) in [7, 11) is 0. The maximum absolute atomic E-state index is 9.36. The van der Waals surface area contributed by atoms with Crippen molar-refractivity contribution in [2.75, 3.05) is 11.9 Å². The summed E-state index contributed by atoms with van der Waals surface area (Å²) in [4.78, 5) is 0. The van der Waals surface area contributed by atoms with Crippen molar-refractivity contribution in [1.29, 1.82) is 0 Å². The third-order valence-corrected chi connectivity index (χ3v) is 3.36. The number of phenols is 1. The van der Waals surface area contributed by atoms with Crippen molar-refractivity contribution in [2.45, 2.75) is 33.2 Å². The predicted octanol–water partition coefficient (Wildman–Crippen LogP) is 4.66. The molecule has 2 rings (SSSR count). The zero-order chi connectivity index (χ0) is 15.2. The molecule has 0 aliphatic carbocycles. The van der Waals surface area contributed by atoms with Gasteiger partial charge < -0.3 is 15.2 Å². The molecular weight excluding hydrogens is 262 g/mol.